The Balaban J connectivity index is 2.24. The molecule has 0 spiro atoms. The van der Waals surface area contributed by atoms with Gasteiger partial charge in [-0.3, -0.25) is 10.6 Å². The molecule has 1 amide bonds. The average Bonchev–Trinajstić information content (AvgIpc) is 2.58. The zero-order chi connectivity index (χ0) is 15.6. The number of nitrogen functional groups attached to an aromatic ring is 1. The predicted octanol–water partition coefficient (Wildman–Crippen LogP) is 0.511. The van der Waals surface area contributed by atoms with Gasteiger partial charge in [-0.05, 0) is 18.6 Å². The van der Waals surface area contributed by atoms with E-state index in [2.05, 4.69) is 0 Å². The second-order valence-electron chi connectivity index (χ2n) is 4.76. The van der Waals surface area contributed by atoms with Crippen LogP contribution in [0.15, 0.2) is 12.1 Å². The number of nitrogens with two attached hydrogens (primary N) is 1. The van der Waals surface area contributed by atoms with E-state index in [-0.39, 0.29) is 30.2 Å². The molecule has 0 radical (unpaired) electrons. The van der Waals surface area contributed by atoms with Crippen LogP contribution in [-0.2, 0) is 9.84 Å². The maximum Gasteiger partial charge on any atom is 0.254 e. The first-order valence-corrected chi connectivity index (χ1v) is 8.11. The number of carbonyl (C=O) groups is 1. The molecule has 0 aromatic heterocycles. The second kappa shape index (κ2) is 5.94. The van der Waals surface area contributed by atoms with Gasteiger partial charge in [-0.15, -0.1) is 0 Å². The Morgan fingerprint density at radius 1 is 1.19 bits per heavy atom. The van der Waals surface area contributed by atoms with E-state index in [1.165, 1.54) is 4.90 Å². The van der Waals surface area contributed by atoms with E-state index < -0.39 is 33.1 Å². The van der Waals surface area contributed by atoms with Crippen LogP contribution in [0, 0.1) is 11.6 Å². The minimum atomic E-state index is -3.16. The Morgan fingerprint density at radius 2 is 1.81 bits per heavy atom. The van der Waals surface area contributed by atoms with Crippen LogP contribution in [0.3, 0.4) is 0 Å². The average molecular weight is 319 g/mol. The van der Waals surface area contributed by atoms with Gasteiger partial charge in [0.2, 0.25) is 0 Å². The van der Waals surface area contributed by atoms with Crippen LogP contribution < -0.4 is 11.3 Å². The van der Waals surface area contributed by atoms with Crippen LogP contribution in [-0.4, -0.2) is 43.8 Å². The molecule has 3 N–H and O–H groups in total. The summed E-state index contributed by atoms with van der Waals surface area (Å²) >= 11 is 0. The zero-order valence-corrected chi connectivity index (χ0v) is 11.9. The molecule has 116 valence electrons. The van der Waals surface area contributed by atoms with E-state index in [4.69, 9.17) is 5.84 Å². The quantitative estimate of drug-likeness (QED) is 0.612. The smallest absolute Gasteiger partial charge is 0.254 e. The molecule has 1 aromatic carbocycles. The molecule has 1 fully saturated rings. The van der Waals surface area contributed by atoms with Crippen molar-refractivity contribution in [2.24, 2.45) is 5.84 Å². The fourth-order valence-corrected chi connectivity index (χ4v) is 3.43. The minimum absolute atomic E-state index is 0.00946. The summed E-state index contributed by atoms with van der Waals surface area (Å²) in [6, 6.07) is 1.75. The standard InChI is InChI=1S/C12H15F2N3O3S/c13-9-6-8(7-10(14)11(9)16-15)12(18)17-2-1-4-21(19,20)5-3-17/h6-7,16H,1-5,15H2. The predicted molar refractivity (Wildman–Crippen MR) is 73.3 cm³/mol. The molecule has 1 aliphatic heterocycles. The lowest BCUT2D eigenvalue weighted by Crippen LogP contribution is -2.33. The second-order valence-corrected chi connectivity index (χ2v) is 7.06. The highest BCUT2D eigenvalue weighted by molar-refractivity contribution is 7.91. The third kappa shape index (κ3) is 3.48. The van der Waals surface area contributed by atoms with E-state index in [1.807, 2.05) is 5.43 Å². The number of nitrogens with one attached hydrogen (secondary N) is 1. The molecule has 0 unspecified atom stereocenters. The third-order valence-corrected chi connectivity index (χ3v) is 4.99. The summed E-state index contributed by atoms with van der Waals surface area (Å²) < 4.78 is 50.2. The van der Waals surface area contributed by atoms with E-state index in [1.54, 1.807) is 0 Å². The third-order valence-electron chi connectivity index (χ3n) is 3.28. The molecule has 1 heterocycles. The number of anilines is 1. The van der Waals surface area contributed by atoms with Crippen molar-refractivity contribution in [2.75, 3.05) is 30.0 Å². The van der Waals surface area contributed by atoms with Crippen molar-refractivity contribution < 1.29 is 22.0 Å². The highest BCUT2D eigenvalue weighted by Gasteiger charge is 2.24. The molecule has 1 aromatic rings. The molecule has 0 saturated carbocycles. The Kier molecular flexibility index (Phi) is 4.43. The summed E-state index contributed by atoms with van der Waals surface area (Å²) in [5.74, 6) is 2.27. The SMILES string of the molecule is NNc1c(F)cc(C(=O)N2CCCS(=O)(=O)CC2)cc1F. The molecule has 0 atom stereocenters. The molecule has 0 bridgehead atoms. The Hall–Kier alpha value is -1.74. The number of sulfone groups is 1. The first-order chi connectivity index (χ1) is 9.84. The van der Waals surface area contributed by atoms with Crippen LogP contribution >= 0.6 is 0 Å². The Morgan fingerprint density at radius 3 is 2.38 bits per heavy atom. The number of hydrogen-bond acceptors (Lipinski definition) is 5. The number of hydrazine groups is 1. The van der Waals surface area contributed by atoms with Gasteiger partial charge >= 0.3 is 0 Å². The molecule has 6 nitrogen and oxygen atoms in total. The van der Waals surface area contributed by atoms with Crippen molar-refractivity contribution in [1.82, 2.24) is 4.90 Å². The molecule has 1 saturated heterocycles. The summed E-state index contributed by atoms with van der Waals surface area (Å²) in [6.07, 6.45) is 0.307. The monoisotopic (exact) mass is 319 g/mol. The number of carbonyl (C=O) groups excluding carboxylic acids is 1. The van der Waals surface area contributed by atoms with Gasteiger partial charge in [0.05, 0.1) is 11.5 Å². The van der Waals surface area contributed by atoms with E-state index in [0.29, 0.717) is 6.42 Å². The van der Waals surface area contributed by atoms with Crippen molar-refractivity contribution in [1.29, 1.82) is 0 Å². The number of benzene rings is 1. The fraction of sp³-hybridized carbons (Fsp3) is 0.417. The van der Waals surface area contributed by atoms with Gasteiger partial charge in [-0.2, -0.15) is 0 Å². The van der Waals surface area contributed by atoms with Crippen LogP contribution in [0.2, 0.25) is 0 Å². The normalized spacial score (nSPS) is 18.1. The van der Waals surface area contributed by atoms with Crippen LogP contribution in [0.5, 0.6) is 0 Å². The van der Waals surface area contributed by atoms with Gasteiger partial charge in [0, 0.05) is 18.7 Å². The molecular formula is C12H15F2N3O3S. The number of amides is 1. The van der Waals surface area contributed by atoms with Crippen LogP contribution in [0.25, 0.3) is 0 Å². The lowest BCUT2D eigenvalue weighted by molar-refractivity contribution is 0.0767. The highest BCUT2D eigenvalue weighted by Crippen LogP contribution is 2.21. The first-order valence-electron chi connectivity index (χ1n) is 6.29. The van der Waals surface area contributed by atoms with Crippen molar-refractivity contribution in [3.8, 4) is 0 Å². The first kappa shape index (κ1) is 15.6. The van der Waals surface area contributed by atoms with Crippen molar-refractivity contribution >= 4 is 21.4 Å². The molecule has 21 heavy (non-hydrogen) atoms. The van der Waals surface area contributed by atoms with Crippen molar-refractivity contribution in [3.63, 3.8) is 0 Å². The van der Waals surface area contributed by atoms with Gasteiger partial charge in [0.25, 0.3) is 5.91 Å². The summed E-state index contributed by atoms with van der Waals surface area (Å²) in [5, 5.41) is 0. The van der Waals surface area contributed by atoms with Gasteiger partial charge in [-0.1, -0.05) is 0 Å². The molecule has 2 rings (SSSR count). The maximum absolute atomic E-state index is 13.6. The number of rotatable bonds is 2. The number of nitrogens with zero attached hydrogens (tertiary/aromatic N) is 1. The summed E-state index contributed by atoms with van der Waals surface area (Å²) in [5.41, 5.74) is 1.18. The molecule has 9 heteroatoms. The largest absolute Gasteiger partial charge is 0.338 e. The topological polar surface area (TPSA) is 92.5 Å². The van der Waals surface area contributed by atoms with Gasteiger partial charge in [-0.25, -0.2) is 17.2 Å². The number of halogens is 2. The summed E-state index contributed by atoms with van der Waals surface area (Å²) in [7, 11) is -3.16. The van der Waals surface area contributed by atoms with Crippen LogP contribution in [0.4, 0.5) is 14.5 Å². The Labute approximate surface area is 120 Å². The summed E-state index contributed by atoms with van der Waals surface area (Å²) in [4.78, 5) is 13.5. The van der Waals surface area contributed by atoms with E-state index in [0.717, 1.165) is 12.1 Å². The molecule has 0 aliphatic carbocycles. The fourth-order valence-electron chi connectivity index (χ4n) is 2.16. The minimum Gasteiger partial charge on any atom is -0.338 e. The molecule has 1 aliphatic rings. The molecular weight excluding hydrogens is 304 g/mol. The van der Waals surface area contributed by atoms with E-state index in [9.17, 15) is 22.0 Å². The Bertz CT molecular complexity index is 641. The lowest BCUT2D eigenvalue weighted by atomic mass is 10.1. The van der Waals surface area contributed by atoms with Gasteiger partial charge in [0.15, 0.2) is 21.5 Å². The van der Waals surface area contributed by atoms with Gasteiger partial charge < -0.3 is 10.3 Å². The zero-order valence-electron chi connectivity index (χ0n) is 11.1. The maximum atomic E-state index is 13.6. The lowest BCUT2D eigenvalue weighted by Gasteiger charge is -2.20. The van der Waals surface area contributed by atoms with Crippen molar-refractivity contribution in [2.45, 2.75) is 6.42 Å². The van der Waals surface area contributed by atoms with Crippen molar-refractivity contribution in [3.05, 3.63) is 29.3 Å². The van der Waals surface area contributed by atoms with Gasteiger partial charge in [0.1, 0.15) is 5.69 Å². The summed E-state index contributed by atoms with van der Waals surface area (Å²) in [6.45, 7) is 0.249. The number of hydrogen-bond donors (Lipinski definition) is 2. The highest BCUT2D eigenvalue weighted by atomic mass is 32.2. The van der Waals surface area contributed by atoms with E-state index >= 15 is 0 Å². The van der Waals surface area contributed by atoms with Crippen LogP contribution in [0.1, 0.15) is 16.8 Å².